The Kier molecular flexibility index (Phi) is 4.12. The van der Waals surface area contributed by atoms with Crippen molar-refractivity contribution in [1.82, 2.24) is 10.3 Å². The maximum absolute atomic E-state index is 12.3. The second kappa shape index (κ2) is 6.03. The third kappa shape index (κ3) is 2.76. The molecule has 2 N–H and O–H groups in total. The van der Waals surface area contributed by atoms with Crippen LogP contribution in [0, 0.1) is 0 Å². The molecule has 110 valence electrons. The first-order valence-electron chi connectivity index (χ1n) is 7.09. The van der Waals surface area contributed by atoms with E-state index in [1.807, 2.05) is 25.1 Å². The zero-order valence-corrected chi connectivity index (χ0v) is 13.4. The standard InChI is InChI=1S/C16H17BrN2O2/c1-2-21-16(20)15-14(10-5-7-18-8-6-10)12-9-11(17)3-4-13(12)19-15/h3-5,9,18-19H,2,6-8H2,1H3. The van der Waals surface area contributed by atoms with Crippen LogP contribution in [0.15, 0.2) is 28.7 Å². The largest absolute Gasteiger partial charge is 0.461 e. The number of rotatable bonds is 3. The first kappa shape index (κ1) is 14.4. The molecule has 0 saturated carbocycles. The van der Waals surface area contributed by atoms with Crippen molar-refractivity contribution >= 4 is 38.4 Å². The van der Waals surface area contributed by atoms with E-state index >= 15 is 0 Å². The second-order valence-corrected chi connectivity index (χ2v) is 5.88. The summed E-state index contributed by atoms with van der Waals surface area (Å²) in [6.07, 6.45) is 3.06. The van der Waals surface area contributed by atoms with Crippen LogP contribution >= 0.6 is 15.9 Å². The fraction of sp³-hybridized carbons (Fsp3) is 0.312. The molecule has 2 heterocycles. The summed E-state index contributed by atoms with van der Waals surface area (Å²) >= 11 is 3.51. The molecule has 21 heavy (non-hydrogen) atoms. The van der Waals surface area contributed by atoms with Crippen molar-refractivity contribution in [3.8, 4) is 0 Å². The Morgan fingerprint density at radius 1 is 1.43 bits per heavy atom. The Balaban J connectivity index is 2.21. The summed E-state index contributed by atoms with van der Waals surface area (Å²) in [4.78, 5) is 15.5. The number of hydrogen-bond donors (Lipinski definition) is 2. The monoisotopic (exact) mass is 348 g/mol. The number of aromatic nitrogens is 1. The van der Waals surface area contributed by atoms with Gasteiger partial charge in [0.25, 0.3) is 0 Å². The van der Waals surface area contributed by atoms with E-state index in [-0.39, 0.29) is 5.97 Å². The SMILES string of the molecule is CCOC(=O)c1[nH]c2ccc(Br)cc2c1C1=CCNCC1. The molecule has 0 bridgehead atoms. The molecule has 2 aromatic rings. The van der Waals surface area contributed by atoms with Crippen molar-refractivity contribution < 1.29 is 9.53 Å². The molecule has 4 nitrogen and oxygen atoms in total. The third-order valence-electron chi connectivity index (χ3n) is 3.63. The summed E-state index contributed by atoms with van der Waals surface area (Å²) in [6.45, 7) is 3.95. The highest BCUT2D eigenvalue weighted by Crippen LogP contribution is 2.33. The number of aromatic amines is 1. The van der Waals surface area contributed by atoms with Gasteiger partial charge in [-0.05, 0) is 43.7 Å². The third-order valence-corrected chi connectivity index (χ3v) is 4.12. The highest BCUT2D eigenvalue weighted by molar-refractivity contribution is 9.10. The van der Waals surface area contributed by atoms with Gasteiger partial charge < -0.3 is 15.0 Å². The summed E-state index contributed by atoms with van der Waals surface area (Å²) in [6, 6.07) is 5.99. The highest BCUT2D eigenvalue weighted by atomic mass is 79.9. The molecular formula is C16H17BrN2O2. The van der Waals surface area contributed by atoms with Crippen LogP contribution in [0.3, 0.4) is 0 Å². The molecule has 1 aromatic heterocycles. The summed E-state index contributed by atoms with van der Waals surface area (Å²) in [5.41, 5.74) is 3.68. The molecule has 5 heteroatoms. The van der Waals surface area contributed by atoms with Crippen LogP contribution in [0.5, 0.6) is 0 Å². The van der Waals surface area contributed by atoms with Crippen molar-refractivity contribution in [3.63, 3.8) is 0 Å². The van der Waals surface area contributed by atoms with Crippen LogP contribution in [0.25, 0.3) is 16.5 Å². The van der Waals surface area contributed by atoms with E-state index in [9.17, 15) is 4.79 Å². The van der Waals surface area contributed by atoms with E-state index in [0.717, 1.165) is 40.4 Å². The molecule has 0 fully saturated rings. The number of carbonyl (C=O) groups is 1. The molecular weight excluding hydrogens is 332 g/mol. The number of benzene rings is 1. The van der Waals surface area contributed by atoms with Crippen LogP contribution < -0.4 is 5.32 Å². The highest BCUT2D eigenvalue weighted by Gasteiger charge is 2.22. The number of hydrogen-bond acceptors (Lipinski definition) is 3. The number of ether oxygens (including phenoxy) is 1. The first-order chi connectivity index (χ1) is 10.2. The van der Waals surface area contributed by atoms with Crippen molar-refractivity contribution in [2.75, 3.05) is 19.7 Å². The quantitative estimate of drug-likeness (QED) is 0.835. The molecule has 1 aromatic carbocycles. The van der Waals surface area contributed by atoms with Crippen LogP contribution in [-0.2, 0) is 4.74 Å². The van der Waals surface area contributed by atoms with Gasteiger partial charge in [-0.1, -0.05) is 22.0 Å². The topological polar surface area (TPSA) is 54.1 Å². The fourth-order valence-corrected chi connectivity index (χ4v) is 3.06. The molecule has 1 aliphatic rings. The number of nitrogens with one attached hydrogen (secondary N) is 2. The van der Waals surface area contributed by atoms with Crippen molar-refractivity contribution in [3.05, 3.63) is 40.0 Å². The van der Waals surface area contributed by atoms with E-state index in [0.29, 0.717) is 12.3 Å². The zero-order chi connectivity index (χ0) is 14.8. The average molecular weight is 349 g/mol. The number of H-pyrrole nitrogens is 1. The van der Waals surface area contributed by atoms with Crippen LogP contribution in [0.1, 0.15) is 29.4 Å². The molecule has 0 radical (unpaired) electrons. The van der Waals surface area contributed by atoms with Gasteiger partial charge >= 0.3 is 5.97 Å². The van der Waals surface area contributed by atoms with Gasteiger partial charge in [-0.15, -0.1) is 0 Å². The van der Waals surface area contributed by atoms with Gasteiger partial charge in [0.05, 0.1) is 6.61 Å². The van der Waals surface area contributed by atoms with Gasteiger partial charge in [0.1, 0.15) is 5.69 Å². The predicted molar refractivity (Wildman–Crippen MR) is 87.4 cm³/mol. The van der Waals surface area contributed by atoms with Crippen LogP contribution in [-0.4, -0.2) is 30.6 Å². The number of halogens is 1. The maximum atomic E-state index is 12.3. The predicted octanol–water partition coefficient (Wildman–Crippen LogP) is 3.48. The van der Waals surface area contributed by atoms with Gasteiger partial charge in [-0.3, -0.25) is 0 Å². The molecule has 3 rings (SSSR count). The Morgan fingerprint density at radius 2 is 2.29 bits per heavy atom. The summed E-state index contributed by atoms with van der Waals surface area (Å²) < 4.78 is 6.19. The molecule has 0 saturated heterocycles. The Morgan fingerprint density at radius 3 is 3.00 bits per heavy atom. The average Bonchev–Trinajstić information content (AvgIpc) is 2.87. The van der Waals surface area contributed by atoms with Gasteiger partial charge in [0.15, 0.2) is 0 Å². The van der Waals surface area contributed by atoms with Crippen molar-refractivity contribution in [2.45, 2.75) is 13.3 Å². The maximum Gasteiger partial charge on any atom is 0.355 e. The molecule has 0 spiro atoms. The van der Waals surface area contributed by atoms with E-state index in [2.05, 4.69) is 32.3 Å². The van der Waals surface area contributed by atoms with Gasteiger partial charge in [-0.25, -0.2) is 4.79 Å². The summed E-state index contributed by atoms with van der Waals surface area (Å²) in [5.74, 6) is -0.292. The van der Waals surface area contributed by atoms with Gasteiger partial charge in [0, 0.05) is 27.5 Å². The smallest absolute Gasteiger partial charge is 0.355 e. The van der Waals surface area contributed by atoms with Crippen molar-refractivity contribution in [1.29, 1.82) is 0 Å². The normalized spacial score (nSPS) is 15.0. The minimum Gasteiger partial charge on any atom is -0.461 e. The first-order valence-corrected chi connectivity index (χ1v) is 7.88. The van der Waals surface area contributed by atoms with Crippen molar-refractivity contribution in [2.24, 2.45) is 0 Å². The lowest BCUT2D eigenvalue weighted by molar-refractivity contribution is 0.0520. The van der Waals surface area contributed by atoms with Crippen LogP contribution in [0.2, 0.25) is 0 Å². The van der Waals surface area contributed by atoms with E-state index < -0.39 is 0 Å². The van der Waals surface area contributed by atoms with E-state index in [4.69, 9.17) is 4.74 Å². The van der Waals surface area contributed by atoms with E-state index in [1.165, 1.54) is 5.57 Å². The summed E-state index contributed by atoms with van der Waals surface area (Å²) in [5, 5.41) is 4.35. The minimum atomic E-state index is -0.292. The summed E-state index contributed by atoms with van der Waals surface area (Å²) in [7, 11) is 0. The van der Waals surface area contributed by atoms with Gasteiger partial charge in [0.2, 0.25) is 0 Å². The molecule has 1 aliphatic heterocycles. The molecule has 0 unspecified atom stereocenters. The number of carbonyl (C=O) groups excluding carboxylic acids is 1. The number of esters is 1. The Bertz CT molecular complexity index is 718. The molecule has 0 aliphatic carbocycles. The van der Waals surface area contributed by atoms with Gasteiger partial charge in [-0.2, -0.15) is 0 Å². The molecule has 0 amide bonds. The lowest BCUT2D eigenvalue weighted by Gasteiger charge is -2.15. The lowest BCUT2D eigenvalue weighted by atomic mass is 9.97. The number of fused-ring (bicyclic) bond motifs is 1. The molecule has 0 atom stereocenters. The van der Waals surface area contributed by atoms with Crippen LogP contribution in [0.4, 0.5) is 0 Å². The Labute approximate surface area is 131 Å². The fourth-order valence-electron chi connectivity index (χ4n) is 2.70. The van der Waals surface area contributed by atoms with E-state index in [1.54, 1.807) is 0 Å². The zero-order valence-electron chi connectivity index (χ0n) is 11.8. The second-order valence-electron chi connectivity index (χ2n) is 4.97. The minimum absolute atomic E-state index is 0.292. The lowest BCUT2D eigenvalue weighted by Crippen LogP contribution is -2.20. The Hall–Kier alpha value is -1.59.